The Balaban J connectivity index is 2.42. The summed E-state index contributed by atoms with van der Waals surface area (Å²) in [5, 5.41) is 10.3. The van der Waals surface area contributed by atoms with E-state index in [0.29, 0.717) is 12.0 Å². The SMILES string of the molecule is CC(=O)OC1CC(C)=CCCC(C)=CC(O)CC2=CC(OC2=O)C1C(C)C. The van der Waals surface area contributed by atoms with E-state index in [4.69, 9.17) is 9.47 Å². The third-order valence-electron chi connectivity index (χ3n) is 5.23. The molecule has 1 aliphatic carbocycles. The zero-order valence-electron chi connectivity index (χ0n) is 17.0. The molecule has 1 aliphatic heterocycles. The minimum absolute atomic E-state index is 0.143. The van der Waals surface area contributed by atoms with Gasteiger partial charge in [-0.05, 0) is 38.7 Å². The Morgan fingerprint density at radius 2 is 1.93 bits per heavy atom. The molecule has 4 atom stereocenters. The van der Waals surface area contributed by atoms with Crippen molar-refractivity contribution in [1.82, 2.24) is 0 Å². The van der Waals surface area contributed by atoms with Crippen LogP contribution in [0.3, 0.4) is 0 Å². The van der Waals surface area contributed by atoms with Gasteiger partial charge in [0.1, 0.15) is 12.2 Å². The first-order valence-electron chi connectivity index (χ1n) is 9.77. The number of hydrogen-bond donors (Lipinski definition) is 1. The quantitative estimate of drug-likeness (QED) is 0.585. The van der Waals surface area contributed by atoms with Gasteiger partial charge in [0, 0.05) is 31.3 Å². The van der Waals surface area contributed by atoms with Crippen LogP contribution >= 0.6 is 0 Å². The van der Waals surface area contributed by atoms with Crippen molar-refractivity contribution in [2.24, 2.45) is 11.8 Å². The van der Waals surface area contributed by atoms with Gasteiger partial charge in [-0.3, -0.25) is 4.79 Å². The first kappa shape index (κ1) is 21.4. The van der Waals surface area contributed by atoms with Crippen molar-refractivity contribution in [2.75, 3.05) is 0 Å². The average molecular weight is 376 g/mol. The normalized spacial score (nSPS) is 30.0. The molecule has 1 N–H and O–H groups in total. The average Bonchev–Trinajstić information content (AvgIpc) is 2.85. The molecule has 0 aromatic rings. The summed E-state index contributed by atoms with van der Waals surface area (Å²) in [5.41, 5.74) is 2.72. The molecular weight excluding hydrogens is 344 g/mol. The lowest BCUT2D eigenvalue weighted by Gasteiger charge is -2.33. The molecule has 0 spiro atoms. The van der Waals surface area contributed by atoms with Crippen LogP contribution in [-0.4, -0.2) is 35.4 Å². The highest BCUT2D eigenvalue weighted by atomic mass is 16.6. The summed E-state index contributed by atoms with van der Waals surface area (Å²) in [5.74, 6) is -0.715. The summed E-state index contributed by atoms with van der Waals surface area (Å²) in [4.78, 5) is 24.1. The van der Waals surface area contributed by atoms with E-state index in [9.17, 15) is 14.7 Å². The van der Waals surface area contributed by atoms with E-state index in [1.54, 1.807) is 6.08 Å². The molecule has 27 heavy (non-hydrogen) atoms. The molecule has 1 heterocycles. The zero-order valence-corrected chi connectivity index (χ0v) is 17.0. The molecule has 2 bridgehead atoms. The third kappa shape index (κ3) is 6.06. The molecular formula is C22H32O5. The molecule has 0 radical (unpaired) electrons. The molecule has 0 aromatic heterocycles. The van der Waals surface area contributed by atoms with Crippen molar-refractivity contribution in [3.05, 3.63) is 34.9 Å². The highest BCUT2D eigenvalue weighted by molar-refractivity contribution is 5.91. The lowest BCUT2D eigenvalue weighted by Crippen LogP contribution is -2.38. The summed E-state index contributed by atoms with van der Waals surface area (Å²) in [6.07, 6.45) is 6.81. The Bertz CT molecular complexity index is 656. The molecule has 0 saturated heterocycles. The molecule has 0 fully saturated rings. The Labute approximate surface area is 162 Å². The van der Waals surface area contributed by atoms with Gasteiger partial charge in [-0.25, -0.2) is 4.79 Å². The van der Waals surface area contributed by atoms with Crippen LogP contribution in [0, 0.1) is 11.8 Å². The van der Waals surface area contributed by atoms with Gasteiger partial charge in [-0.15, -0.1) is 0 Å². The molecule has 2 aliphatic rings. The molecule has 0 saturated carbocycles. The Morgan fingerprint density at radius 3 is 2.56 bits per heavy atom. The van der Waals surface area contributed by atoms with E-state index in [1.165, 1.54) is 6.92 Å². The van der Waals surface area contributed by atoms with Gasteiger partial charge >= 0.3 is 11.9 Å². The maximum absolute atomic E-state index is 12.3. The van der Waals surface area contributed by atoms with Gasteiger partial charge < -0.3 is 14.6 Å². The van der Waals surface area contributed by atoms with Crippen LogP contribution in [0.1, 0.15) is 60.3 Å². The number of esters is 2. The van der Waals surface area contributed by atoms with E-state index < -0.39 is 12.2 Å². The molecule has 5 heteroatoms. The molecule has 5 nitrogen and oxygen atoms in total. The molecule has 0 aromatic carbocycles. The van der Waals surface area contributed by atoms with Gasteiger partial charge in [-0.2, -0.15) is 0 Å². The van der Waals surface area contributed by atoms with Gasteiger partial charge in [0.25, 0.3) is 0 Å². The van der Waals surface area contributed by atoms with Crippen LogP contribution in [0.2, 0.25) is 0 Å². The predicted molar refractivity (Wildman–Crippen MR) is 104 cm³/mol. The number of aliphatic hydroxyl groups is 1. The summed E-state index contributed by atoms with van der Waals surface area (Å²) in [6, 6.07) is 0. The van der Waals surface area contributed by atoms with Crippen LogP contribution in [0.4, 0.5) is 0 Å². The van der Waals surface area contributed by atoms with Crippen LogP contribution < -0.4 is 0 Å². The minimum atomic E-state index is -0.711. The lowest BCUT2D eigenvalue weighted by atomic mass is 9.82. The van der Waals surface area contributed by atoms with Crippen molar-refractivity contribution in [3.8, 4) is 0 Å². The molecule has 4 unspecified atom stereocenters. The largest absolute Gasteiger partial charge is 0.462 e. The summed E-state index contributed by atoms with van der Waals surface area (Å²) in [7, 11) is 0. The predicted octanol–water partition coefficient (Wildman–Crippen LogP) is 3.87. The maximum Gasteiger partial charge on any atom is 0.334 e. The Morgan fingerprint density at radius 1 is 1.22 bits per heavy atom. The van der Waals surface area contributed by atoms with Crippen LogP contribution in [0.5, 0.6) is 0 Å². The number of hydrogen-bond acceptors (Lipinski definition) is 5. The highest BCUT2D eigenvalue weighted by Gasteiger charge is 2.39. The zero-order chi connectivity index (χ0) is 20.1. The monoisotopic (exact) mass is 376 g/mol. The molecule has 2 rings (SSSR count). The summed E-state index contributed by atoms with van der Waals surface area (Å²) in [6.45, 7) is 9.52. The van der Waals surface area contributed by atoms with Crippen molar-refractivity contribution in [3.63, 3.8) is 0 Å². The van der Waals surface area contributed by atoms with E-state index >= 15 is 0 Å². The van der Waals surface area contributed by atoms with Crippen LogP contribution in [0.25, 0.3) is 0 Å². The highest BCUT2D eigenvalue weighted by Crippen LogP contribution is 2.34. The topological polar surface area (TPSA) is 72.8 Å². The van der Waals surface area contributed by atoms with E-state index in [0.717, 1.165) is 24.0 Å². The van der Waals surface area contributed by atoms with Crippen molar-refractivity contribution in [2.45, 2.75) is 78.6 Å². The van der Waals surface area contributed by atoms with Crippen molar-refractivity contribution >= 4 is 11.9 Å². The first-order valence-corrected chi connectivity index (χ1v) is 9.77. The van der Waals surface area contributed by atoms with Gasteiger partial charge in [0.15, 0.2) is 0 Å². The second-order valence-corrected chi connectivity index (χ2v) is 8.11. The van der Waals surface area contributed by atoms with E-state index in [-0.39, 0.29) is 36.3 Å². The number of carbonyl (C=O) groups excluding carboxylic acids is 2. The fourth-order valence-electron chi connectivity index (χ4n) is 3.97. The number of fused-ring (bicyclic) bond motifs is 1. The summed E-state index contributed by atoms with van der Waals surface area (Å²) >= 11 is 0. The van der Waals surface area contributed by atoms with Crippen LogP contribution in [-0.2, 0) is 19.1 Å². The molecule has 0 amide bonds. The number of rotatable bonds is 2. The number of allylic oxidation sites excluding steroid dienone is 2. The second kappa shape index (κ2) is 9.36. The van der Waals surface area contributed by atoms with Crippen LogP contribution in [0.15, 0.2) is 34.9 Å². The summed E-state index contributed by atoms with van der Waals surface area (Å²) < 4.78 is 11.3. The van der Waals surface area contributed by atoms with Crippen molar-refractivity contribution < 1.29 is 24.2 Å². The number of aliphatic hydroxyl groups excluding tert-OH is 1. The maximum atomic E-state index is 12.3. The van der Waals surface area contributed by atoms with Gasteiger partial charge in [-0.1, -0.05) is 37.1 Å². The number of ether oxygens (including phenoxy) is 2. The Hall–Kier alpha value is -1.88. The lowest BCUT2D eigenvalue weighted by molar-refractivity contribution is -0.156. The third-order valence-corrected chi connectivity index (χ3v) is 5.23. The molecule has 150 valence electrons. The second-order valence-electron chi connectivity index (χ2n) is 8.11. The number of carbonyl (C=O) groups is 2. The van der Waals surface area contributed by atoms with E-state index in [1.807, 2.05) is 33.8 Å². The van der Waals surface area contributed by atoms with Crippen molar-refractivity contribution in [1.29, 1.82) is 0 Å². The van der Waals surface area contributed by atoms with Gasteiger partial charge in [0.2, 0.25) is 0 Å². The smallest absolute Gasteiger partial charge is 0.334 e. The fraction of sp³-hybridized carbons (Fsp3) is 0.636. The van der Waals surface area contributed by atoms with E-state index in [2.05, 4.69) is 6.08 Å². The first-order chi connectivity index (χ1) is 12.7. The Kier molecular flexibility index (Phi) is 7.42. The minimum Gasteiger partial charge on any atom is -0.462 e. The standard InChI is InChI=1S/C22H32O5/c1-13(2)21-19(26-16(5)23)10-15(4)8-6-7-14(3)9-18(24)11-17-12-20(21)27-22(17)25/h8-9,12-13,18-21,24H,6-7,10-11H2,1-5H3. The fourth-order valence-corrected chi connectivity index (χ4v) is 3.97. The van der Waals surface area contributed by atoms with Gasteiger partial charge in [0.05, 0.1) is 6.10 Å².